The lowest BCUT2D eigenvalue weighted by Crippen LogP contribution is -2.51. The predicted octanol–water partition coefficient (Wildman–Crippen LogP) is 2.67. The van der Waals surface area contributed by atoms with Crippen molar-refractivity contribution in [1.29, 1.82) is 0 Å². The first-order valence-electron chi connectivity index (χ1n) is 7.68. The lowest BCUT2D eigenvalue weighted by atomic mass is 10.1. The summed E-state index contributed by atoms with van der Waals surface area (Å²) in [5.74, 6) is -0.301. The van der Waals surface area contributed by atoms with Crippen LogP contribution >= 0.6 is 0 Å². The molecule has 0 aliphatic heterocycles. The highest BCUT2D eigenvalue weighted by atomic mass is 28.4. The molecule has 0 unspecified atom stereocenters. The van der Waals surface area contributed by atoms with Crippen molar-refractivity contribution in [2.75, 3.05) is 26.1 Å². The zero-order valence-electron chi connectivity index (χ0n) is 13.9. The van der Waals surface area contributed by atoms with Crippen LogP contribution in [0.4, 0.5) is 0 Å². The second kappa shape index (κ2) is 9.73. The molecule has 0 saturated carbocycles. The lowest BCUT2D eigenvalue weighted by molar-refractivity contribution is -0.142. The van der Waals surface area contributed by atoms with Crippen molar-refractivity contribution >= 4 is 14.8 Å². The van der Waals surface area contributed by atoms with Gasteiger partial charge in [0.15, 0.2) is 6.23 Å². The maximum atomic E-state index is 12.1. The van der Waals surface area contributed by atoms with E-state index >= 15 is 0 Å². The van der Waals surface area contributed by atoms with Crippen LogP contribution < -0.4 is 0 Å². The standard InChI is InChI=1S/C16H26O5Si/c1-5-19-22(20-6-2,21-7-3)13-18-16(17)12-15-11-9-8-10-14(15)4/h8-11H,5-7,12-13H2,1-4H3. The lowest BCUT2D eigenvalue weighted by Gasteiger charge is -2.27. The number of carbonyl (C=O) groups excluding carboxylic acids is 1. The minimum Gasteiger partial charge on any atom is -0.461 e. The Balaban J connectivity index is 2.63. The average Bonchev–Trinajstić information content (AvgIpc) is 2.48. The predicted molar refractivity (Wildman–Crippen MR) is 86.5 cm³/mol. The topological polar surface area (TPSA) is 54.0 Å². The van der Waals surface area contributed by atoms with E-state index in [4.69, 9.17) is 18.0 Å². The van der Waals surface area contributed by atoms with Crippen LogP contribution in [0.25, 0.3) is 0 Å². The van der Waals surface area contributed by atoms with Crippen LogP contribution in [0.2, 0.25) is 0 Å². The van der Waals surface area contributed by atoms with Gasteiger partial charge in [0.2, 0.25) is 0 Å². The Morgan fingerprint density at radius 3 is 2.05 bits per heavy atom. The molecule has 1 rings (SSSR count). The van der Waals surface area contributed by atoms with Gasteiger partial charge in [-0.3, -0.25) is 4.79 Å². The summed E-state index contributed by atoms with van der Waals surface area (Å²) in [5.41, 5.74) is 2.03. The van der Waals surface area contributed by atoms with Gasteiger partial charge in [-0.1, -0.05) is 24.3 Å². The van der Waals surface area contributed by atoms with E-state index in [0.717, 1.165) is 11.1 Å². The Morgan fingerprint density at radius 1 is 1.00 bits per heavy atom. The van der Waals surface area contributed by atoms with Crippen LogP contribution in [0.3, 0.4) is 0 Å². The van der Waals surface area contributed by atoms with Crippen LogP contribution in [0.5, 0.6) is 0 Å². The Morgan fingerprint density at radius 2 is 1.55 bits per heavy atom. The first-order valence-corrected chi connectivity index (χ1v) is 9.62. The fourth-order valence-electron chi connectivity index (χ4n) is 2.09. The molecule has 0 saturated heterocycles. The summed E-state index contributed by atoms with van der Waals surface area (Å²) < 4.78 is 22.3. The summed E-state index contributed by atoms with van der Waals surface area (Å²) in [6, 6.07) is 7.76. The molecule has 0 radical (unpaired) electrons. The van der Waals surface area contributed by atoms with Crippen LogP contribution in [0.15, 0.2) is 24.3 Å². The van der Waals surface area contributed by atoms with Gasteiger partial charge in [0.1, 0.15) is 0 Å². The van der Waals surface area contributed by atoms with E-state index in [-0.39, 0.29) is 18.6 Å². The molecule has 5 nitrogen and oxygen atoms in total. The van der Waals surface area contributed by atoms with Gasteiger partial charge in [0, 0.05) is 19.8 Å². The number of rotatable bonds is 10. The van der Waals surface area contributed by atoms with Gasteiger partial charge in [-0.2, -0.15) is 0 Å². The Kier molecular flexibility index (Phi) is 8.33. The van der Waals surface area contributed by atoms with Crippen LogP contribution in [-0.2, 0) is 29.2 Å². The maximum Gasteiger partial charge on any atom is 0.540 e. The molecular weight excluding hydrogens is 300 g/mol. The van der Waals surface area contributed by atoms with E-state index in [0.29, 0.717) is 19.8 Å². The average molecular weight is 326 g/mol. The van der Waals surface area contributed by atoms with Gasteiger partial charge in [-0.15, -0.1) is 0 Å². The Labute approximate surface area is 133 Å². The van der Waals surface area contributed by atoms with E-state index in [1.54, 1.807) is 0 Å². The number of hydrogen-bond acceptors (Lipinski definition) is 5. The molecule has 0 bridgehead atoms. The molecular formula is C16H26O5Si. The smallest absolute Gasteiger partial charge is 0.461 e. The second-order valence-corrected chi connectivity index (χ2v) is 7.27. The summed E-state index contributed by atoms with van der Waals surface area (Å²) in [6.07, 6.45) is 0.286. The molecule has 0 aromatic heterocycles. The van der Waals surface area contributed by atoms with Gasteiger partial charge in [-0.05, 0) is 38.8 Å². The molecule has 0 spiro atoms. The SMILES string of the molecule is CCO[Si](COC(=O)Cc1ccccc1C)(OCC)OCC. The first-order chi connectivity index (χ1) is 10.6. The number of aryl methyl sites for hydroxylation is 1. The summed E-state index contributed by atoms with van der Waals surface area (Å²) >= 11 is 0. The number of ether oxygens (including phenoxy) is 1. The molecule has 0 aliphatic carbocycles. The molecule has 1 aromatic rings. The molecule has 0 atom stereocenters. The molecule has 0 fully saturated rings. The van der Waals surface area contributed by atoms with E-state index in [2.05, 4.69) is 0 Å². The molecule has 1 aromatic carbocycles. The minimum absolute atomic E-state index is 0.0488. The number of esters is 1. The molecule has 0 N–H and O–H groups in total. The van der Waals surface area contributed by atoms with Crippen LogP contribution in [0, 0.1) is 6.92 Å². The quantitative estimate of drug-likeness (QED) is 0.489. The summed E-state index contributed by atoms with van der Waals surface area (Å²) in [5, 5.41) is 0. The highest BCUT2D eigenvalue weighted by Crippen LogP contribution is 2.13. The van der Waals surface area contributed by atoms with Gasteiger partial charge >= 0.3 is 14.8 Å². The minimum atomic E-state index is -2.93. The van der Waals surface area contributed by atoms with E-state index < -0.39 is 8.80 Å². The van der Waals surface area contributed by atoms with Crippen molar-refractivity contribution in [2.45, 2.75) is 34.1 Å². The fourth-order valence-corrected chi connectivity index (χ4v) is 4.25. The maximum absolute atomic E-state index is 12.1. The first kappa shape index (κ1) is 18.8. The van der Waals surface area contributed by atoms with Crippen LogP contribution in [0.1, 0.15) is 31.9 Å². The fraction of sp³-hybridized carbons (Fsp3) is 0.562. The number of hydrogen-bond donors (Lipinski definition) is 0. The largest absolute Gasteiger partial charge is 0.540 e. The van der Waals surface area contributed by atoms with Crippen molar-refractivity contribution in [1.82, 2.24) is 0 Å². The second-order valence-electron chi connectivity index (χ2n) is 4.75. The molecule has 6 heteroatoms. The Hall–Kier alpha value is -1.21. The summed E-state index contributed by atoms with van der Waals surface area (Å²) in [4.78, 5) is 12.1. The monoisotopic (exact) mass is 326 g/mol. The Bertz CT molecular complexity index is 447. The molecule has 0 aliphatic rings. The zero-order chi connectivity index (χ0) is 16.4. The zero-order valence-corrected chi connectivity index (χ0v) is 14.9. The van der Waals surface area contributed by atoms with E-state index in [1.165, 1.54) is 0 Å². The highest BCUT2D eigenvalue weighted by molar-refractivity contribution is 6.60. The van der Waals surface area contributed by atoms with Crippen molar-refractivity contribution in [3.05, 3.63) is 35.4 Å². The van der Waals surface area contributed by atoms with Crippen molar-refractivity contribution in [2.24, 2.45) is 0 Å². The normalized spacial score (nSPS) is 11.5. The van der Waals surface area contributed by atoms with Gasteiger partial charge in [0.05, 0.1) is 6.42 Å². The third kappa shape index (κ3) is 5.88. The molecule has 124 valence electrons. The molecule has 0 heterocycles. The number of carbonyl (C=O) groups is 1. The van der Waals surface area contributed by atoms with Gasteiger partial charge in [0.25, 0.3) is 0 Å². The molecule has 22 heavy (non-hydrogen) atoms. The number of benzene rings is 1. The third-order valence-corrected chi connectivity index (χ3v) is 5.78. The third-order valence-electron chi connectivity index (χ3n) is 3.10. The van der Waals surface area contributed by atoms with Gasteiger partial charge in [-0.25, -0.2) is 0 Å². The van der Waals surface area contributed by atoms with E-state index in [1.807, 2.05) is 52.0 Å². The summed E-state index contributed by atoms with van der Waals surface area (Å²) in [7, 11) is -2.93. The molecule has 0 amide bonds. The van der Waals surface area contributed by atoms with Crippen LogP contribution in [-0.4, -0.2) is 40.8 Å². The van der Waals surface area contributed by atoms with E-state index in [9.17, 15) is 4.79 Å². The van der Waals surface area contributed by atoms with Crippen molar-refractivity contribution < 1.29 is 22.8 Å². The van der Waals surface area contributed by atoms with Gasteiger partial charge < -0.3 is 18.0 Å². The summed E-state index contributed by atoms with van der Waals surface area (Å²) in [6.45, 7) is 8.96. The highest BCUT2D eigenvalue weighted by Gasteiger charge is 2.42. The van der Waals surface area contributed by atoms with Crippen molar-refractivity contribution in [3.8, 4) is 0 Å². The van der Waals surface area contributed by atoms with Crippen molar-refractivity contribution in [3.63, 3.8) is 0 Å².